The fourth-order valence-electron chi connectivity index (χ4n) is 3.41. The Bertz CT molecular complexity index is 761. The summed E-state index contributed by atoms with van der Waals surface area (Å²) in [6.07, 6.45) is 8.10. The Labute approximate surface area is 137 Å². The molecule has 5 nitrogen and oxygen atoms in total. The molecule has 0 saturated heterocycles. The van der Waals surface area contributed by atoms with Crippen LogP contribution in [0.15, 0.2) is 24.4 Å². The lowest BCUT2D eigenvalue weighted by atomic mass is 9.96. The van der Waals surface area contributed by atoms with E-state index in [-0.39, 0.29) is 11.8 Å². The number of nitrogens with one attached hydrogen (secondary N) is 2. The molecule has 4 N–H and O–H groups in total. The second-order valence-corrected chi connectivity index (χ2v) is 8.20. The molecule has 1 aliphatic rings. The van der Waals surface area contributed by atoms with Crippen molar-refractivity contribution < 1.29 is 8.42 Å². The molecule has 0 spiro atoms. The smallest absolute Gasteiger partial charge is 0.216 e. The monoisotopic (exact) mass is 335 g/mol. The van der Waals surface area contributed by atoms with Crippen LogP contribution in [0.1, 0.15) is 43.2 Å². The molecule has 2 aromatic rings. The standard InChI is InChI=1S/C17H25N3O2S/c18-9-8-14-11-19-17-7-6-13(10-16(14)17)12-23(21,22)20-15-4-2-1-3-5-15/h6-7,10-11,15,19-20H,1-5,8-9,12,18H2. The molecule has 0 aliphatic heterocycles. The molecule has 0 atom stereocenters. The molecule has 0 amide bonds. The highest BCUT2D eigenvalue weighted by Crippen LogP contribution is 2.22. The molecule has 1 aromatic heterocycles. The van der Waals surface area contributed by atoms with Crippen LogP contribution in [-0.4, -0.2) is 26.0 Å². The highest BCUT2D eigenvalue weighted by atomic mass is 32.2. The van der Waals surface area contributed by atoms with Crippen LogP contribution in [0.2, 0.25) is 0 Å². The van der Waals surface area contributed by atoms with Gasteiger partial charge in [-0.1, -0.05) is 25.3 Å². The molecule has 1 fully saturated rings. The molecule has 0 bridgehead atoms. The maximum absolute atomic E-state index is 12.4. The molecule has 0 unspecified atom stereocenters. The van der Waals surface area contributed by atoms with Gasteiger partial charge in [0.1, 0.15) is 0 Å². The number of sulfonamides is 1. The summed E-state index contributed by atoms with van der Waals surface area (Å²) in [6, 6.07) is 5.90. The van der Waals surface area contributed by atoms with Gasteiger partial charge in [0.25, 0.3) is 0 Å². The Kier molecular flexibility index (Phi) is 5.04. The van der Waals surface area contributed by atoms with Crippen molar-refractivity contribution in [3.05, 3.63) is 35.5 Å². The van der Waals surface area contributed by atoms with E-state index in [2.05, 4.69) is 9.71 Å². The first-order valence-corrected chi connectivity index (χ1v) is 10.0. The van der Waals surface area contributed by atoms with Crippen LogP contribution in [0.4, 0.5) is 0 Å². The van der Waals surface area contributed by atoms with Gasteiger partial charge < -0.3 is 10.7 Å². The van der Waals surface area contributed by atoms with Crippen LogP contribution in [-0.2, 0) is 22.2 Å². The molecule has 6 heteroatoms. The van der Waals surface area contributed by atoms with Crippen molar-refractivity contribution in [2.75, 3.05) is 6.54 Å². The van der Waals surface area contributed by atoms with E-state index in [0.717, 1.165) is 54.1 Å². The van der Waals surface area contributed by atoms with E-state index in [9.17, 15) is 8.42 Å². The first kappa shape index (κ1) is 16.5. The topological polar surface area (TPSA) is 88.0 Å². The summed E-state index contributed by atoms with van der Waals surface area (Å²) < 4.78 is 27.7. The third-order valence-electron chi connectivity index (χ3n) is 4.55. The first-order chi connectivity index (χ1) is 11.1. The van der Waals surface area contributed by atoms with E-state index in [1.807, 2.05) is 24.4 Å². The van der Waals surface area contributed by atoms with Gasteiger partial charge in [-0.3, -0.25) is 0 Å². The van der Waals surface area contributed by atoms with E-state index in [1.54, 1.807) is 0 Å². The molecular weight excluding hydrogens is 310 g/mol. The minimum atomic E-state index is -3.30. The Morgan fingerprint density at radius 1 is 1.22 bits per heavy atom. The second kappa shape index (κ2) is 7.03. The second-order valence-electron chi connectivity index (χ2n) is 6.44. The number of rotatable bonds is 6. The van der Waals surface area contributed by atoms with Crippen LogP contribution in [0.3, 0.4) is 0 Å². The predicted molar refractivity (Wildman–Crippen MR) is 93.7 cm³/mol. The lowest BCUT2D eigenvalue weighted by Gasteiger charge is -2.22. The molecular formula is C17H25N3O2S. The van der Waals surface area contributed by atoms with Crippen molar-refractivity contribution in [1.29, 1.82) is 0 Å². The quantitative estimate of drug-likeness (QED) is 0.757. The molecule has 1 aliphatic carbocycles. The largest absolute Gasteiger partial charge is 0.361 e. The van der Waals surface area contributed by atoms with E-state index >= 15 is 0 Å². The van der Waals surface area contributed by atoms with Gasteiger partial charge in [0.05, 0.1) is 5.75 Å². The normalized spacial score (nSPS) is 16.9. The maximum Gasteiger partial charge on any atom is 0.216 e. The summed E-state index contributed by atoms with van der Waals surface area (Å²) in [4.78, 5) is 3.21. The van der Waals surface area contributed by atoms with Crippen molar-refractivity contribution in [2.45, 2.75) is 50.3 Å². The van der Waals surface area contributed by atoms with Crippen LogP contribution in [0.5, 0.6) is 0 Å². The number of hydrogen-bond acceptors (Lipinski definition) is 3. The van der Waals surface area contributed by atoms with Crippen LogP contribution >= 0.6 is 0 Å². The zero-order valence-corrected chi connectivity index (χ0v) is 14.2. The Morgan fingerprint density at radius 2 is 2.00 bits per heavy atom. The maximum atomic E-state index is 12.4. The highest BCUT2D eigenvalue weighted by Gasteiger charge is 2.20. The molecule has 1 saturated carbocycles. The van der Waals surface area contributed by atoms with E-state index in [0.29, 0.717) is 6.54 Å². The van der Waals surface area contributed by atoms with Gasteiger partial charge in [0.15, 0.2) is 0 Å². The average molecular weight is 335 g/mol. The summed E-state index contributed by atoms with van der Waals surface area (Å²) in [5.41, 5.74) is 8.62. The SMILES string of the molecule is NCCc1c[nH]c2ccc(CS(=O)(=O)NC3CCCCC3)cc12. The number of nitrogens with two attached hydrogens (primary N) is 1. The minimum Gasteiger partial charge on any atom is -0.361 e. The zero-order chi connectivity index (χ0) is 16.3. The Morgan fingerprint density at radius 3 is 2.74 bits per heavy atom. The van der Waals surface area contributed by atoms with Crippen molar-refractivity contribution in [3.63, 3.8) is 0 Å². The van der Waals surface area contributed by atoms with Gasteiger partial charge in [-0.25, -0.2) is 13.1 Å². The fourth-order valence-corrected chi connectivity index (χ4v) is 4.86. The van der Waals surface area contributed by atoms with Crippen molar-refractivity contribution in [2.24, 2.45) is 5.73 Å². The summed E-state index contributed by atoms with van der Waals surface area (Å²) in [5, 5.41) is 1.07. The Hall–Kier alpha value is -1.37. The zero-order valence-electron chi connectivity index (χ0n) is 13.3. The molecule has 3 rings (SSSR count). The lowest BCUT2D eigenvalue weighted by molar-refractivity contribution is 0.412. The van der Waals surface area contributed by atoms with Crippen LogP contribution in [0.25, 0.3) is 10.9 Å². The van der Waals surface area contributed by atoms with Crippen LogP contribution in [0, 0.1) is 0 Å². The highest BCUT2D eigenvalue weighted by molar-refractivity contribution is 7.88. The molecule has 1 aromatic carbocycles. The van der Waals surface area contributed by atoms with E-state index in [4.69, 9.17) is 5.73 Å². The summed E-state index contributed by atoms with van der Waals surface area (Å²) >= 11 is 0. The molecule has 1 heterocycles. The summed E-state index contributed by atoms with van der Waals surface area (Å²) in [5.74, 6) is 0.0344. The van der Waals surface area contributed by atoms with Crippen molar-refractivity contribution >= 4 is 20.9 Å². The number of benzene rings is 1. The van der Waals surface area contributed by atoms with Gasteiger partial charge in [-0.15, -0.1) is 0 Å². The molecule has 126 valence electrons. The van der Waals surface area contributed by atoms with Gasteiger partial charge in [0, 0.05) is 23.1 Å². The number of aromatic nitrogens is 1. The molecule has 23 heavy (non-hydrogen) atoms. The third kappa shape index (κ3) is 4.13. The van der Waals surface area contributed by atoms with Gasteiger partial charge in [0.2, 0.25) is 10.0 Å². The van der Waals surface area contributed by atoms with E-state index < -0.39 is 10.0 Å². The van der Waals surface area contributed by atoms with Gasteiger partial charge in [-0.05, 0) is 49.1 Å². The number of H-pyrrole nitrogens is 1. The molecule has 0 radical (unpaired) electrons. The van der Waals surface area contributed by atoms with Crippen LogP contribution < -0.4 is 10.5 Å². The van der Waals surface area contributed by atoms with Gasteiger partial charge in [-0.2, -0.15) is 0 Å². The number of hydrogen-bond donors (Lipinski definition) is 3. The summed E-state index contributed by atoms with van der Waals surface area (Å²) in [6.45, 7) is 0.582. The average Bonchev–Trinajstić information content (AvgIpc) is 2.90. The fraction of sp³-hybridized carbons (Fsp3) is 0.529. The lowest BCUT2D eigenvalue weighted by Crippen LogP contribution is -2.36. The minimum absolute atomic E-state index is 0.0344. The number of fused-ring (bicyclic) bond motifs is 1. The first-order valence-electron chi connectivity index (χ1n) is 8.36. The third-order valence-corrected chi connectivity index (χ3v) is 5.96. The van der Waals surface area contributed by atoms with E-state index in [1.165, 1.54) is 6.42 Å². The van der Waals surface area contributed by atoms with Crippen molar-refractivity contribution in [1.82, 2.24) is 9.71 Å². The Balaban J connectivity index is 1.75. The number of aromatic amines is 1. The predicted octanol–water partition coefficient (Wildman–Crippen LogP) is 2.42. The summed E-state index contributed by atoms with van der Waals surface area (Å²) in [7, 11) is -3.30. The van der Waals surface area contributed by atoms with Crippen molar-refractivity contribution in [3.8, 4) is 0 Å². The van der Waals surface area contributed by atoms with Gasteiger partial charge >= 0.3 is 0 Å².